The maximum absolute atomic E-state index is 10.4. The Morgan fingerprint density at radius 2 is 2.31 bits per heavy atom. The molecule has 0 unspecified atom stereocenters. The minimum absolute atomic E-state index is 0.0450. The van der Waals surface area contributed by atoms with Crippen molar-refractivity contribution in [2.24, 2.45) is 0 Å². The van der Waals surface area contributed by atoms with Gasteiger partial charge in [0.1, 0.15) is 5.82 Å². The van der Waals surface area contributed by atoms with Gasteiger partial charge < -0.3 is 10.0 Å². The quantitative estimate of drug-likeness (QED) is 0.746. The van der Waals surface area contributed by atoms with Crippen molar-refractivity contribution in [1.82, 2.24) is 4.98 Å². The van der Waals surface area contributed by atoms with Crippen LogP contribution in [0.15, 0.2) is 18.3 Å². The van der Waals surface area contributed by atoms with Gasteiger partial charge in [-0.1, -0.05) is 0 Å². The van der Waals surface area contributed by atoms with E-state index in [2.05, 4.69) is 4.98 Å². The molecule has 0 fully saturated rings. The molecule has 0 amide bonds. The average molecular weight is 180 g/mol. The molecule has 1 heterocycles. The van der Waals surface area contributed by atoms with Crippen LogP contribution >= 0.6 is 0 Å². The lowest BCUT2D eigenvalue weighted by Crippen LogP contribution is -2.11. The molecule has 0 aliphatic carbocycles. The lowest BCUT2D eigenvalue weighted by atomic mass is 10.2. The standard InChI is InChI=1S/C9H12N2O2/c1-11(2)8-5-7(3-4-10-8)6-9(12)13/h3-5H,6H2,1-2H3,(H,12,13). The molecular formula is C9H12N2O2. The van der Waals surface area contributed by atoms with E-state index in [1.54, 1.807) is 18.3 Å². The highest BCUT2D eigenvalue weighted by Gasteiger charge is 2.02. The largest absolute Gasteiger partial charge is 0.481 e. The van der Waals surface area contributed by atoms with E-state index in [0.717, 1.165) is 11.4 Å². The van der Waals surface area contributed by atoms with Crippen LogP contribution in [0.4, 0.5) is 5.82 Å². The molecule has 0 aliphatic rings. The Hall–Kier alpha value is -1.58. The fourth-order valence-electron chi connectivity index (χ4n) is 0.990. The molecule has 0 atom stereocenters. The molecule has 1 N–H and O–H groups in total. The van der Waals surface area contributed by atoms with Gasteiger partial charge in [-0.05, 0) is 17.7 Å². The third-order valence-electron chi connectivity index (χ3n) is 1.62. The molecule has 1 aromatic heterocycles. The number of aromatic nitrogens is 1. The van der Waals surface area contributed by atoms with E-state index < -0.39 is 5.97 Å². The van der Waals surface area contributed by atoms with Crippen molar-refractivity contribution in [2.45, 2.75) is 6.42 Å². The molecule has 4 nitrogen and oxygen atoms in total. The first-order chi connectivity index (χ1) is 6.09. The number of carboxylic acid groups (broad SMARTS) is 1. The fourth-order valence-corrected chi connectivity index (χ4v) is 0.990. The Morgan fingerprint density at radius 1 is 1.62 bits per heavy atom. The summed E-state index contributed by atoms with van der Waals surface area (Å²) in [5.74, 6) is -0.0466. The van der Waals surface area contributed by atoms with Gasteiger partial charge in [0.15, 0.2) is 0 Å². The number of carboxylic acids is 1. The van der Waals surface area contributed by atoms with E-state index in [9.17, 15) is 4.79 Å². The highest BCUT2D eigenvalue weighted by molar-refractivity contribution is 5.70. The monoisotopic (exact) mass is 180 g/mol. The zero-order valence-electron chi connectivity index (χ0n) is 7.69. The van der Waals surface area contributed by atoms with E-state index in [4.69, 9.17) is 5.11 Å². The predicted molar refractivity (Wildman–Crippen MR) is 49.9 cm³/mol. The molecular weight excluding hydrogens is 168 g/mol. The minimum Gasteiger partial charge on any atom is -0.481 e. The summed E-state index contributed by atoms with van der Waals surface area (Å²) in [6.07, 6.45) is 1.66. The first kappa shape index (κ1) is 9.51. The Labute approximate surface area is 76.8 Å². The van der Waals surface area contributed by atoms with E-state index >= 15 is 0 Å². The molecule has 1 aromatic rings. The van der Waals surface area contributed by atoms with Crippen molar-refractivity contribution in [3.8, 4) is 0 Å². The predicted octanol–water partition coefficient (Wildman–Crippen LogP) is 0.775. The third kappa shape index (κ3) is 2.74. The molecule has 0 radical (unpaired) electrons. The van der Waals surface area contributed by atoms with Crippen molar-refractivity contribution in [3.05, 3.63) is 23.9 Å². The molecule has 1 rings (SSSR count). The van der Waals surface area contributed by atoms with Crippen LogP contribution < -0.4 is 4.90 Å². The summed E-state index contributed by atoms with van der Waals surface area (Å²) in [5.41, 5.74) is 0.770. The molecule has 13 heavy (non-hydrogen) atoms. The van der Waals surface area contributed by atoms with E-state index in [-0.39, 0.29) is 6.42 Å². The SMILES string of the molecule is CN(C)c1cc(CC(=O)O)ccn1. The van der Waals surface area contributed by atoms with E-state index in [1.807, 2.05) is 19.0 Å². The zero-order chi connectivity index (χ0) is 9.84. The van der Waals surface area contributed by atoms with Crippen LogP contribution in [0.1, 0.15) is 5.56 Å². The summed E-state index contributed by atoms with van der Waals surface area (Å²) in [4.78, 5) is 16.3. The van der Waals surface area contributed by atoms with Crippen LogP contribution in [0.3, 0.4) is 0 Å². The molecule has 0 bridgehead atoms. The normalized spacial score (nSPS) is 9.69. The lowest BCUT2D eigenvalue weighted by Gasteiger charge is -2.11. The summed E-state index contributed by atoms with van der Waals surface area (Å²) in [6, 6.07) is 3.48. The van der Waals surface area contributed by atoms with Crippen molar-refractivity contribution in [1.29, 1.82) is 0 Å². The Kier molecular flexibility index (Phi) is 2.84. The smallest absolute Gasteiger partial charge is 0.307 e. The van der Waals surface area contributed by atoms with Crippen molar-refractivity contribution >= 4 is 11.8 Å². The van der Waals surface area contributed by atoms with Crippen molar-refractivity contribution in [2.75, 3.05) is 19.0 Å². The highest BCUT2D eigenvalue weighted by Crippen LogP contribution is 2.09. The van der Waals surface area contributed by atoms with Crippen LogP contribution in [-0.2, 0) is 11.2 Å². The van der Waals surface area contributed by atoms with E-state index in [1.165, 1.54) is 0 Å². The van der Waals surface area contributed by atoms with Gasteiger partial charge in [0.25, 0.3) is 0 Å². The number of carbonyl (C=O) groups is 1. The van der Waals surface area contributed by atoms with Crippen LogP contribution in [0.2, 0.25) is 0 Å². The summed E-state index contributed by atoms with van der Waals surface area (Å²) < 4.78 is 0. The first-order valence-corrected chi connectivity index (χ1v) is 3.93. The number of aliphatic carboxylic acids is 1. The van der Waals surface area contributed by atoms with Gasteiger partial charge in [0, 0.05) is 20.3 Å². The number of nitrogens with zero attached hydrogens (tertiary/aromatic N) is 2. The number of anilines is 1. The summed E-state index contributed by atoms with van der Waals surface area (Å²) in [7, 11) is 3.74. The van der Waals surface area contributed by atoms with Crippen molar-refractivity contribution < 1.29 is 9.90 Å². The molecule has 0 aromatic carbocycles. The third-order valence-corrected chi connectivity index (χ3v) is 1.62. The zero-order valence-corrected chi connectivity index (χ0v) is 7.69. The van der Waals surface area contributed by atoms with Crippen LogP contribution in [0, 0.1) is 0 Å². The second-order valence-electron chi connectivity index (χ2n) is 2.99. The second kappa shape index (κ2) is 3.89. The summed E-state index contributed by atoms with van der Waals surface area (Å²) in [5, 5.41) is 8.56. The summed E-state index contributed by atoms with van der Waals surface area (Å²) in [6.45, 7) is 0. The number of hydrogen-bond acceptors (Lipinski definition) is 3. The van der Waals surface area contributed by atoms with Gasteiger partial charge >= 0.3 is 5.97 Å². The van der Waals surface area contributed by atoms with E-state index in [0.29, 0.717) is 0 Å². The molecule has 0 spiro atoms. The van der Waals surface area contributed by atoms with Gasteiger partial charge in [-0.25, -0.2) is 4.98 Å². The molecule has 70 valence electrons. The number of hydrogen-bond donors (Lipinski definition) is 1. The van der Waals surface area contributed by atoms with Crippen molar-refractivity contribution in [3.63, 3.8) is 0 Å². The topological polar surface area (TPSA) is 53.4 Å². The first-order valence-electron chi connectivity index (χ1n) is 3.93. The number of rotatable bonds is 3. The fraction of sp³-hybridized carbons (Fsp3) is 0.333. The lowest BCUT2D eigenvalue weighted by molar-refractivity contribution is -0.136. The Balaban J connectivity index is 2.85. The molecule has 0 aliphatic heterocycles. The van der Waals surface area contributed by atoms with Gasteiger partial charge in [-0.2, -0.15) is 0 Å². The van der Waals surface area contributed by atoms with Gasteiger partial charge in [-0.3, -0.25) is 4.79 Å². The minimum atomic E-state index is -0.823. The Morgan fingerprint density at radius 3 is 2.85 bits per heavy atom. The average Bonchev–Trinajstić information content (AvgIpc) is 2.03. The van der Waals surface area contributed by atoms with Crippen LogP contribution in [0.5, 0.6) is 0 Å². The molecule has 0 saturated heterocycles. The second-order valence-corrected chi connectivity index (χ2v) is 2.99. The number of pyridine rings is 1. The maximum Gasteiger partial charge on any atom is 0.307 e. The Bertz CT molecular complexity index is 310. The summed E-state index contributed by atoms with van der Waals surface area (Å²) >= 11 is 0. The molecule has 0 saturated carbocycles. The van der Waals surface area contributed by atoms with Crippen LogP contribution in [0.25, 0.3) is 0 Å². The van der Waals surface area contributed by atoms with Gasteiger partial charge in [0.05, 0.1) is 6.42 Å². The highest BCUT2D eigenvalue weighted by atomic mass is 16.4. The molecule has 4 heteroatoms. The van der Waals surface area contributed by atoms with Gasteiger partial charge in [-0.15, -0.1) is 0 Å². The maximum atomic E-state index is 10.4. The van der Waals surface area contributed by atoms with Gasteiger partial charge in [0.2, 0.25) is 0 Å². The van der Waals surface area contributed by atoms with Crippen LogP contribution in [-0.4, -0.2) is 30.2 Å².